The smallest absolute Gasteiger partial charge is 0.233 e. The van der Waals surface area contributed by atoms with Gasteiger partial charge in [0, 0.05) is 17.6 Å². The zero-order valence-electron chi connectivity index (χ0n) is 18.4. The van der Waals surface area contributed by atoms with Gasteiger partial charge in [0.15, 0.2) is 11.0 Å². The van der Waals surface area contributed by atoms with Crippen molar-refractivity contribution in [2.24, 2.45) is 0 Å². The van der Waals surface area contributed by atoms with Gasteiger partial charge in [0.25, 0.3) is 0 Å². The van der Waals surface area contributed by atoms with E-state index in [1.807, 2.05) is 85.7 Å². The lowest BCUT2D eigenvalue weighted by Gasteiger charge is -2.30. The maximum atomic E-state index is 12.9. The van der Waals surface area contributed by atoms with Gasteiger partial charge in [-0.3, -0.25) is 9.36 Å². The van der Waals surface area contributed by atoms with E-state index in [2.05, 4.69) is 10.2 Å². The predicted molar refractivity (Wildman–Crippen MR) is 126 cm³/mol. The first-order valence-corrected chi connectivity index (χ1v) is 11.5. The number of halogens is 1. The zero-order chi connectivity index (χ0) is 22.5. The number of rotatable bonds is 8. The molecule has 0 saturated carbocycles. The number of hydrogen-bond acceptors (Lipinski definition) is 5. The molecular formula is C23H27ClN4O2S. The van der Waals surface area contributed by atoms with Gasteiger partial charge in [-0.25, -0.2) is 0 Å². The fraction of sp³-hybridized carbons (Fsp3) is 0.348. The van der Waals surface area contributed by atoms with Gasteiger partial charge in [-0.15, -0.1) is 10.2 Å². The Morgan fingerprint density at radius 3 is 2.35 bits per heavy atom. The maximum Gasteiger partial charge on any atom is 0.233 e. The molecule has 0 aliphatic rings. The molecule has 0 aliphatic heterocycles. The molecule has 1 aromatic heterocycles. The minimum absolute atomic E-state index is 0.0591. The van der Waals surface area contributed by atoms with E-state index in [0.29, 0.717) is 21.8 Å². The summed E-state index contributed by atoms with van der Waals surface area (Å²) in [5.41, 5.74) is 1.54. The van der Waals surface area contributed by atoms with Crippen molar-refractivity contribution in [2.45, 2.75) is 44.9 Å². The van der Waals surface area contributed by atoms with Crippen LogP contribution in [0.25, 0.3) is 17.1 Å². The molecule has 1 amide bonds. The van der Waals surface area contributed by atoms with Crippen molar-refractivity contribution in [3.63, 3.8) is 0 Å². The largest absolute Gasteiger partial charge is 0.495 e. The number of carbonyl (C=O) groups excluding carboxylic acids is 1. The number of nitrogens with zero attached hydrogens (tertiary/aromatic N) is 4. The first-order valence-electron chi connectivity index (χ1n) is 10.1. The fourth-order valence-corrected chi connectivity index (χ4v) is 4.62. The molecule has 0 atom stereocenters. The number of thioether (sulfide) groups is 1. The van der Waals surface area contributed by atoms with Crippen LogP contribution in [0.4, 0.5) is 0 Å². The van der Waals surface area contributed by atoms with Crippen molar-refractivity contribution < 1.29 is 9.53 Å². The van der Waals surface area contributed by atoms with E-state index in [1.165, 1.54) is 11.8 Å². The summed E-state index contributed by atoms with van der Waals surface area (Å²) < 4.78 is 7.47. The van der Waals surface area contributed by atoms with Crippen LogP contribution in [0.3, 0.4) is 0 Å². The van der Waals surface area contributed by atoms with E-state index in [0.717, 1.165) is 11.3 Å². The second-order valence-electron chi connectivity index (χ2n) is 7.57. The normalized spacial score (nSPS) is 11.2. The van der Waals surface area contributed by atoms with Crippen molar-refractivity contribution in [1.82, 2.24) is 19.7 Å². The number of hydrogen-bond donors (Lipinski definition) is 0. The third-order valence-electron chi connectivity index (χ3n) is 4.80. The second-order valence-corrected chi connectivity index (χ2v) is 8.92. The Kier molecular flexibility index (Phi) is 7.62. The van der Waals surface area contributed by atoms with Crippen molar-refractivity contribution in [2.75, 3.05) is 12.9 Å². The summed E-state index contributed by atoms with van der Waals surface area (Å²) in [5, 5.41) is 9.99. The molecule has 3 aromatic rings. The summed E-state index contributed by atoms with van der Waals surface area (Å²) >= 11 is 7.81. The van der Waals surface area contributed by atoms with Crippen LogP contribution >= 0.6 is 23.4 Å². The molecule has 3 rings (SSSR count). The van der Waals surface area contributed by atoms with Crippen LogP contribution in [-0.2, 0) is 4.79 Å². The molecule has 0 bridgehead atoms. The third-order valence-corrected chi connectivity index (χ3v) is 6.04. The van der Waals surface area contributed by atoms with Crippen molar-refractivity contribution in [3.8, 4) is 22.8 Å². The van der Waals surface area contributed by atoms with Gasteiger partial charge in [-0.1, -0.05) is 47.6 Å². The predicted octanol–water partition coefficient (Wildman–Crippen LogP) is 5.33. The Bertz CT molecular complexity index is 1040. The highest BCUT2D eigenvalue weighted by molar-refractivity contribution is 7.99. The number of amides is 1. The summed E-state index contributed by atoms with van der Waals surface area (Å²) in [6.45, 7) is 8.09. The van der Waals surface area contributed by atoms with E-state index < -0.39 is 0 Å². The van der Waals surface area contributed by atoms with Crippen molar-refractivity contribution >= 4 is 29.3 Å². The van der Waals surface area contributed by atoms with E-state index >= 15 is 0 Å². The summed E-state index contributed by atoms with van der Waals surface area (Å²) in [5.74, 6) is 1.58. The van der Waals surface area contributed by atoms with Gasteiger partial charge in [0.05, 0.1) is 23.6 Å². The molecule has 0 fully saturated rings. The van der Waals surface area contributed by atoms with E-state index in [1.54, 1.807) is 7.11 Å². The quantitative estimate of drug-likeness (QED) is 0.427. The standard InChI is InChI=1S/C23H27ClN4O2S/c1-15(2)27(16(3)4)21(29)14-31-23-26-25-22(17-10-6-7-11-18(17)24)28(23)19-12-8-9-13-20(19)30-5/h6-13,15-16H,14H2,1-5H3. The van der Waals surface area contributed by atoms with Gasteiger partial charge in [0.2, 0.25) is 5.91 Å². The Morgan fingerprint density at radius 2 is 1.71 bits per heavy atom. The molecule has 6 nitrogen and oxygen atoms in total. The average Bonchev–Trinajstić information content (AvgIpc) is 3.15. The molecule has 0 aliphatic carbocycles. The van der Waals surface area contributed by atoms with Gasteiger partial charge < -0.3 is 9.64 Å². The van der Waals surface area contributed by atoms with Crippen LogP contribution in [0.15, 0.2) is 53.7 Å². The molecule has 164 valence electrons. The summed E-state index contributed by atoms with van der Waals surface area (Å²) in [4.78, 5) is 14.8. The zero-order valence-corrected chi connectivity index (χ0v) is 19.9. The van der Waals surface area contributed by atoms with Gasteiger partial charge in [-0.2, -0.15) is 0 Å². The first-order chi connectivity index (χ1) is 14.8. The Labute approximate surface area is 192 Å². The monoisotopic (exact) mass is 458 g/mol. The van der Waals surface area contributed by atoms with Crippen LogP contribution < -0.4 is 4.74 Å². The van der Waals surface area contributed by atoms with Crippen LogP contribution in [0.1, 0.15) is 27.7 Å². The Balaban J connectivity index is 2.04. The number of benzene rings is 2. The fourth-order valence-electron chi connectivity index (χ4n) is 3.59. The third kappa shape index (κ3) is 5.05. The van der Waals surface area contributed by atoms with Crippen LogP contribution in [0.5, 0.6) is 5.75 Å². The highest BCUT2D eigenvalue weighted by Crippen LogP contribution is 2.35. The van der Waals surface area contributed by atoms with E-state index in [-0.39, 0.29) is 23.7 Å². The molecule has 0 radical (unpaired) electrons. The number of para-hydroxylation sites is 2. The van der Waals surface area contributed by atoms with E-state index in [4.69, 9.17) is 16.3 Å². The minimum atomic E-state index is 0.0591. The van der Waals surface area contributed by atoms with Gasteiger partial charge in [0.1, 0.15) is 5.75 Å². The van der Waals surface area contributed by atoms with Crippen LogP contribution in [0.2, 0.25) is 5.02 Å². The molecule has 0 N–H and O–H groups in total. The SMILES string of the molecule is COc1ccccc1-n1c(SCC(=O)N(C(C)C)C(C)C)nnc1-c1ccccc1Cl. The maximum absolute atomic E-state index is 12.9. The minimum Gasteiger partial charge on any atom is -0.495 e. The van der Waals surface area contributed by atoms with E-state index in [9.17, 15) is 4.79 Å². The molecular weight excluding hydrogens is 432 g/mol. The lowest BCUT2D eigenvalue weighted by molar-refractivity contribution is -0.131. The number of carbonyl (C=O) groups is 1. The molecule has 0 saturated heterocycles. The number of ether oxygens (including phenoxy) is 1. The Morgan fingerprint density at radius 1 is 1.06 bits per heavy atom. The summed E-state index contributed by atoms with van der Waals surface area (Å²) in [7, 11) is 1.62. The topological polar surface area (TPSA) is 60.2 Å². The summed E-state index contributed by atoms with van der Waals surface area (Å²) in [6, 6.07) is 15.4. The number of aromatic nitrogens is 3. The van der Waals surface area contributed by atoms with Crippen LogP contribution in [0, 0.1) is 0 Å². The first kappa shape index (κ1) is 23.2. The summed E-state index contributed by atoms with van der Waals surface area (Å²) in [6.07, 6.45) is 0. The molecule has 2 aromatic carbocycles. The lowest BCUT2D eigenvalue weighted by atomic mass is 10.2. The molecule has 8 heteroatoms. The van der Waals surface area contributed by atoms with Gasteiger partial charge >= 0.3 is 0 Å². The second kappa shape index (κ2) is 10.2. The lowest BCUT2D eigenvalue weighted by Crippen LogP contribution is -2.43. The average molecular weight is 459 g/mol. The Hall–Kier alpha value is -2.51. The molecule has 31 heavy (non-hydrogen) atoms. The van der Waals surface area contributed by atoms with Gasteiger partial charge in [-0.05, 0) is 52.0 Å². The molecule has 0 spiro atoms. The molecule has 1 heterocycles. The highest BCUT2D eigenvalue weighted by atomic mass is 35.5. The molecule has 0 unspecified atom stereocenters. The highest BCUT2D eigenvalue weighted by Gasteiger charge is 2.24. The number of methoxy groups -OCH3 is 1. The van der Waals surface area contributed by atoms with Crippen molar-refractivity contribution in [1.29, 1.82) is 0 Å². The van der Waals surface area contributed by atoms with Crippen LogP contribution in [-0.4, -0.2) is 50.5 Å². The van der Waals surface area contributed by atoms with Crippen molar-refractivity contribution in [3.05, 3.63) is 53.6 Å².